The highest BCUT2D eigenvalue weighted by Crippen LogP contribution is 2.39. The molecule has 0 bridgehead atoms. The Labute approximate surface area is 206 Å². The van der Waals surface area contributed by atoms with Gasteiger partial charge in [-0.2, -0.15) is 0 Å². The van der Waals surface area contributed by atoms with Gasteiger partial charge >= 0.3 is 0 Å². The maximum Gasteiger partial charge on any atom is 0.248 e. The number of rotatable bonds is 5. The van der Waals surface area contributed by atoms with Crippen LogP contribution in [0.5, 0.6) is 0 Å². The molecule has 0 radical (unpaired) electrons. The number of benzene rings is 2. The summed E-state index contributed by atoms with van der Waals surface area (Å²) < 4.78 is 67.7. The third-order valence-corrected chi connectivity index (χ3v) is 8.57. The van der Waals surface area contributed by atoms with E-state index in [1.807, 2.05) is 0 Å². The highest BCUT2D eigenvalue weighted by Gasteiger charge is 2.39. The van der Waals surface area contributed by atoms with E-state index in [1.165, 1.54) is 0 Å². The molecule has 2 aromatic rings. The van der Waals surface area contributed by atoms with E-state index in [0.717, 1.165) is 17.0 Å². The van der Waals surface area contributed by atoms with Crippen LogP contribution < -0.4 is 10.6 Å². The molecular weight excluding hydrogens is 505 g/mol. The molecule has 1 aliphatic carbocycles. The standard InChI is InChI=1S/C24H24ClF3N2O4S/c25-16-3-1-15(2-4-16)12-30-20-10-17(21(31)9-14-5-7-24(27,28)8-6-14)18(26)11-22(20)35(33,34)13-19(29)23(30)32/h1-4,10-11,14,19H,5-9,12-13,29H2/t19-/m0/s1. The van der Waals surface area contributed by atoms with E-state index in [2.05, 4.69) is 0 Å². The van der Waals surface area contributed by atoms with Crippen molar-refractivity contribution in [2.45, 2.75) is 55.5 Å². The molecule has 1 heterocycles. The van der Waals surface area contributed by atoms with Crippen LogP contribution in [-0.2, 0) is 21.2 Å². The molecule has 6 nitrogen and oxygen atoms in total. The first kappa shape index (κ1) is 25.7. The molecule has 1 fully saturated rings. The van der Waals surface area contributed by atoms with Gasteiger partial charge in [-0.15, -0.1) is 0 Å². The largest absolute Gasteiger partial charge is 0.319 e. The average Bonchev–Trinajstić information content (AvgIpc) is 2.85. The summed E-state index contributed by atoms with van der Waals surface area (Å²) in [6, 6.07) is 6.92. The van der Waals surface area contributed by atoms with Gasteiger partial charge in [0.05, 0.1) is 34.5 Å². The van der Waals surface area contributed by atoms with Gasteiger partial charge in [-0.25, -0.2) is 21.6 Å². The molecule has 0 unspecified atom stereocenters. The van der Waals surface area contributed by atoms with Gasteiger partial charge in [0.1, 0.15) is 5.82 Å². The van der Waals surface area contributed by atoms with Gasteiger partial charge in [0, 0.05) is 24.3 Å². The van der Waals surface area contributed by atoms with E-state index in [1.54, 1.807) is 24.3 Å². The van der Waals surface area contributed by atoms with Crippen molar-refractivity contribution in [3.8, 4) is 0 Å². The fraction of sp³-hybridized carbons (Fsp3) is 0.417. The second-order valence-electron chi connectivity index (χ2n) is 9.17. The first-order chi connectivity index (χ1) is 16.4. The molecule has 35 heavy (non-hydrogen) atoms. The Kier molecular flexibility index (Phi) is 7.00. The molecule has 1 aliphatic heterocycles. The summed E-state index contributed by atoms with van der Waals surface area (Å²) >= 11 is 5.92. The highest BCUT2D eigenvalue weighted by atomic mass is 35.5. The van der Waals surface area contributed by atoms with Crippen LogP contribution in [0.2, 0.25) is 5.02 Å². The molecule has 0 aromatic heterocycles. The Morgan fingerprint density at radius 3 is 2.40 bits per heavy atom. The number of fused-ring (bicyclic) bond motifs is 1. The van der Waals surface area contributed by atoms with Crippen LogP contribution >= 0.6 is 11.6 Å². The zero-order valence-corrected chi connectivity index (χ0v) is 20.2. The predicted molar refractivity (Wildman–Crippen MR) is 125 cm³/mol. The minimum atomic E-state index is -4.14. The van der Waals surface area contributed by atoms with Crippen molar-refractivity contribution in [2.75, 3.05) is 10.7 Å². The van der Waals surface area contributed by atoms with Crippen LogP contribution in [0.4, 0.5) is 18.9 Å². The lowest BCUT2D eigenvalue weighted by Crippen LogP contribution is -2.45. The molecule has 2 aliphatic rings. The van der Waals surface area contributed by atoms with Gasteiger partial charge in [-0.3, -0.25) is 9.59 Å². The minimum absolute atomic E-state index is 0.0802. The number of hydrogen-bond donors (Lipinski definition) is 1. The molecule has 1 amide bonds. The maximum absolute atomic E-state index is 15.0. The molecule has 2 N–H and O–H groups in total. The third kappa shape index (κ3) is 5.54. The number of sulfone groups is 1. The lowest BCUT2D eigenvalue weighted by atomic mass is 9.83. The Balaban J connectivity index is 1.72. The number of hydrogen-bond acceptors (Lipinski definition) is 5. The van der Waals surface area contributed by atoms with E-state index < -0.39 is 50.0 Å². The van der Waals surface area contributed by atoms with Crippen LogP contribution in [0.3, 0.4) is 0 Å². The van der Waals surface area contributed by atoms with Crippen molar-refractivity contribution < 1.29 is 31.2 Å². The van der Waals surface area contributed by atoms with Crippen molar-refractivity contribution in [3.05, 3.63) is 58.4 Å². The number of nitrogens with two attached hydrogens (primary N) is 1. The normalized spacial score (nSPS) is 21.9. The SMILES string of the molecule is N[C@H]1CS(=O)(=O)c2cc(F)c(C(=O)CC3CCC(F)(F)CC3)cc2N(Cc2ccc(Cl)cc2)C1=O. The zero-order valence-electron chi connectivity index (χ0n) is 18.6. The van der Waals surface area contributed by atoms with Gasteiger partial charge in [-0.1, -0.05) is 23.7 Å². The third-order valence-electron chi connectivity index (χ3n) is 6.52. The summed E-state index contributed by atoms with van der Waals surface area (Å²) in [7, 11) is -4.14. The van der Waals surface area contributed by atoms with Crippen molar-refractivity contribution in [3.63, 3.8) is 0 Å². The summed E-state index contributed by atoms with van der Waals surface area (Å²) in [5, 5.41) is 0.464. The number of ketones is 1. The van der Waals surface area contributed by atoms with Crippen LogP contribution in [0.25, 0.3) is 0 Å². The summed E-state index contributed by atoms with van der Waals surface area (Å²) in [5.41, 5.74) is 5.95. The number of carbonyl (C=O) groups is 2. The first-order valence-corrected chi connectivity index (χ1v) is 13.2. The number of anilines is 1. The van der Waals surface area contributed by atoms with E-state index in [4.69, 9.17) is 17.3 Å². The minimum Gasteiger partial charge on any atom is -0.319 e. The molecule has 4 rings (SSSR count). The maximum atomic E-state index is 15.0. The predicted octanol–water partition coefficient (Wildman–Crippen LogP) is 4.53. The number of alkyl halides is 2. The van der Waals surface area contributed by atoms with Crippen molar-refractivity contribution in [1.29, 1.82) is 0 Å². The summed E-state index contributed by atoms with van der Waals surface area (Å²) in [5.74, 6) is -6.17. The lowest BCUT2D eigenvalue weighted by molar-refractivity contribution is -0.119. The Hall–Kier alpha value is -2.43. The quantitative estimate of drug-likeness (QED) is 0.575. The fourth-order valence-corrected chi connectivity index (χ4v) is 6.24. The average molecular weight is 529 g/mol. The topological polar surface area (TPSA) is 97.5 Å². The second-order valence-corrected chi connectivity index (χ2v) is 11.6. The fourth-order valence-electron chi connectivity index (χ4n) is 4.55. The summed E-state index contributed by atoms with van der Waals surface area (Å²) in [6.07, 6.45) is -0.553. The van der Waals surface area contributed by atoms with Crippen molar-refractivity contribution >= 4 is 38.8 Å². The summed E-state index contributed by atoms with van der Waals surface area (Å²) in [4.78, 5) is 26.7. The Bertz CT molecular complexity index is 1260. The van der Waals surface area contributed by atoms with E-state index >= 15 is 4.39 Å². The number of carbonyl (C=O) groups excluding carboxylic acids is 2. The molecule has 11 heteroatoms. The van der Waals surface area contributed by atoms with Gasteiger partial charge in [0.2, 0.25) is 11.8 Å². The number of amides is 1. The summed E-state index contributed by atoms with van der Waals surface area (Å²) in [6.45, 7) is -0.0802. The van der Waals surface area contributed by atoms with Crippen molar-refractivity contribution in [1.82, 2.24) is 0 Å². The van der Waals surface area contributed by atoms with Crippen LogP contribution in [-0.4, -0.2) is 37.8 Å². The molecular formula is C24H24ClF3N2O4S. The monoisotopic (exact) mass is 528 g/mol. The lowest BCUT2D eigenvalue weighted by Gasteiger charge is -2.28. The molecule has 0 saturated heterocycles. The van der Waals surface area contributed by atoms with Crippen LogP contribution in [0.15, 0.2) is 41.3 Å². The number of Topliss-reactive ketones (excluding diaryl/α,β-unsaturated/α-hetero) is 1. The van der Waals surface area contributed by atoms with Crippen LogP contribution in [0, 0.1) is 11.7 Å². The van der Waals surface area contributed by atoms with E-state index in [-0.39, 0.29) is 55.8 Å². The highest BCUT2D eigenvalue weighted by molar-refractivity contribution is 7.91. The van der Waals surface area contributed by atoms with Gasteiger partial charge in [-0.05, 0) is 48.6 Å². The molecule has 0 spiro atoms. The van der Waals surface area contributed by atoms with Crippen molar-refractivity contribution in [2.24, 2.45) is 11.7 Å². The van der Waals surface area contributed by atoms with Gasteiger partial charge in [0.15, 0.2) is 15.6 Å². The number of nitrogens with zero attached hydrogens (tertiary/aromatic N) is 1. The van der Waals surface area contributed by atoms with E-state index in [0.29, 0.717) is 10.6 Å². The van der Waals surface area contributed by atoms with E-state index in [9.17, 15) is 26.8 Å². The van der Waals surface area contributed by atoms with Gasteiger partial charge < -0.3 is 10.6 Å². The zero-order chi connectivity index (χ0) is 25.5. The first-order valence-electron chi connectivity index (χ1n) is 11.1. The van der Waals surface area contributed by atoms with Crippen LogP contribution in [0.1, 0.15) is 48.0 Å². The molecule has 1 atom stereocenters. The number of halogens is 4. The Morgan fingerprint density at radius 2 is 1.77 bits per heavy atom. The Morgan fingerprint density at radius 1 is 1.14 bits per heavy atom. The smallest absolute Gasteiger partial charge is 0.248 e. The van der Waals surface area contributed by atoms with Gasteiger partial charge in [0.25, 0.3) is 0 Å². The second kappa shape index (κ2) is 9.55. The molecule has 188 valence electrons. The molecule has 2 aromatic carbocycles. The molecule has 1 saturated carbocycles.